The third-order valence-corrected chi connectivity index (χ3v) is 3.89. The summed E-state index contributed by atoms with van der Waals surface area (Å²) in [6.45, 7) is 1.31. The van der Waals surface area contributed by atoms with Crippen LogP contribution in [-0.4, -0.2) is 16.0 Å². The quantitative estimate of drug-likeness (QED) is 0.895. The predicted octanol–water partition coefficient (Wildman–Crippen LogP) is 2.98. The third-order valence-electron chi connectivity index (χ3n) is 3.89. The zero-order chi connectivity index (χ0) is 15.7. The maximum atomic E-state index is 13.7. The maximum Gasteiger partial charge on any atom is 0.258 e. The number of aromatic nitrogens is 2. The summed E-state index contributed by atoms with van der Waals surface area (Å²) in [5.41, 5.74) is 6.36. The van der Waals surface area contributed by atoms with E-state index in [9.17, 15) is 9.18 Å². The van der Waals surface area contributed by atoms with E-state index in [0.29, 0.717) is 11.4 Å². The largest absolute Gasteiger partial charge is 0.334 e. The first kappa shape index (κ1) is 17.4. The molecule has 1 aliphatic rings. The van der Waals surface area contributed by atoms with Crippen LogP contribution in [0.25, 0.3) is 11.5 Å². The van der Waals surface area contributed by atoms with E-state index in [4.69, 9.17) is 10.3 Å². The molecule has 124 valence electrons. The minimum Gasteiger partial charge on any atom is -0.334 e. The Kier molecular flexibility index (Phi) is 5.01. The van der Waals surface area contributed by atoms with E-state index in [1.807, 2.05) is 0 Å². The number of nitrogens with two attached hydrogens (primary N) is 1. The summed E-state index contributed by atoms with van der Waals surface area (Å²) in [5.74, 6) is -0.136. The highest BCUT2D eigenvalue weighted by atomic mass is 35.5. The molecule has 1 heterocycles. The molecule has 0 unspecified atom stereocenters. The van der Waals surface area contributed by atoms with Gasteiger partial charge in [0.2, 0.25) is 5.91 Å². The van der Waals surface area contributed by atoms with Gasteiger partial charge in [-0.1, -0.05) is 18.0 Å². The second kappa shape index (κ2) is 6.64. The van der Waals surface area contributed by atoms with Crippen molar-refractivity contribution in [1.82, 2.24) is 10.1 Å². The van der Waals surface area contributed by atoms with Crippen LogP contribution >= 0.6 is 12.4 Å². The molecule has 0 saturated heterocycles. The molecule has 6 nitrogen and oxygen atoms in total. The Bertz CT molecular complexity index is 713. The number of nitrogens with one attached hydrogen (secondary N) is 1. The number of hydrogen-bond donors (Lipinski definition) is 2. The Labute approximate surface area is 139 Å². The Balaban J connectivity index is 0.00000192. The van der Waals surface area contributed by atoms with Crippen LogP contribution in [0.15, 0.2) is 22.7 Å². The molecule has 1 fully saturated rings. The van der Waals surface area contributed by atoms with Gasteiger partial charge < -0.3 is 15.6 Å². The average Bonchev–Trinajstić information content (AvgIpc) is 3.10. The summed E-state index contributed by atoms with van der Waals surface area (Å²) in [7, 11) is 0. The molecule has 1 aliphatic carbocycles. The van der Waals surface area contributed by atoms with Crippen molar-refractivity contribution >= 4 is 24.0 Å². The molecule has 1 aromatic heterocycles. The first-order chi connectivity index (χ1) is 10.5. The van der Waals surface area contributed by atoms with Gasteiger partial charge in [-0.15, -0.1) is 12.4 Å². The van der Waals surface area contributed by atoms with Crippen LogP contribution in [0.5, 0.6) is 0 Å². The molecule has 0 aliphatic heterocycles. The molecule has 0 spiro atoms. The molecule has 23 heavy (non-hydrogen) atoms. The van der Waals surface area contributed by atoms with E-state index in [2.05, 4.69) is 15.5 Å². The predicted molar refractivity (Wildman–Crippen MR) is 85.6 cm³/mol. The summed E-state index contributed by atoms with van der Waals surface area (Å²) >= 11 is 0. The highest BCUT2D eigenvalue weighted by Crippen LogP contribution is 2.35. The second-order valence-electron chi connectivity index (χ2n) is 5.66. The summed E-state index contributed by atoms with van der Waals surface area (Å²) in [6, 6.07) is 4.24. The number of benzene rings is 1. The van der Waals surface area contributed by atoms with Gasteiger partial charge in [-0.2, -0.15) is 4.98 Å². The molecule has 1 amide bonds. The Hall–Kier alpha value is -1.99. The van der Waals surface area contributed by atoms with E-state index >= 15 is 0 Å². The minimum absolute atomic E-state index is 0. The van der Waals surface area contributed by atoms with Crippen molar-refractivity contribution in [1.29, 1.82) is 0 Å². The average molecular weight is 341 g/mol. The first-order valence-corrected chi connectivity index (χ1v) is 7.18. The monoisotopic (exact) mass is 340 g/mol. The number of carbonyl (C=O) groups is 1. The van der Waals surface area contributed by atoms with Gasteiger partial charge in [-0.25, -0.2) is 4.39 Å². The smallest absolute Gasteiger partial charge is 0.258 e. The fourth-order valence-electron chi connectivity index (χ4n) is 2.72. The summed E-state index contributed by atoms with van der Waals surface area (Å²) < 4.78 is 18.9. The lowest BCUT2D eigenvalue weighted by Crippen LogP contribution is -2.34. The number of rotatable bonds is 3. The maximum absolute atomic E-state index is 13.7. The van der Waals surface area contributed by atoms with Gasteiger partial charge in [-0.05, 0) is 31.0 Å². The lowest BCUT2D eigenvalue weighted by atomic mass is 9.99. The second-order valence-corrected chi connectivity index (χ2v) is 5.66. The van der Waals surface area contributed by atoms with E-state index in [1.165, 1.54) is 25.1 Å². The number of hydrogen-bond acceptors (Lipinski definition) is 5. The van der Waals surface area contributed by atoms with E-state index < -0.39 is 11.4 Å². The molecule has 0 bridgehead atoms. The van der Waals surface area contributed by atoms with Crippen molar-refractivity contribution in [3.8, 4) is 11.5 Å². The highest BCUT2D eigenvalue weighted by Gasteiger charge is 2.36. The number of anilines is 1. The molecule has 1 aromatic carbocycles. The molecule has 8 heteroatoms. The number of amides is 1. The minimum atomic E-state index is -0.539. The van der Waals surface area contributed by atoms with Crippen molar-refractivity contribution in [2.45, 2.75) is 38.1 Å². The van der Waals surface area contributed by atoms with E-state index in [0.717, 1.165) is 25.7 Å². The van der Waals surface area contributed by atoms with Crippen LogP contribution < -0.4 is 11.1 Å². The Morgan fingerprint density at radius 3 is 2.74 bits per heavy atom. The SMILES string of the molecule is CC(=O)Nc1cc(-c2nc(C3(N)CCCC3)no2)ccc1F.Cl. The fourth-order valence-corrected chi connectivity index (χ4v) is 2.72. The van der Waals surface area contributed by atoms with Crippen molar-refractivity contribution in [3.63, 3.8) is 0 Å². The molecular formula is C15H18ClFN4O2. The highest BCUT2D eigenvalue weighted by molar-refractivity contribution is 5.89. The van der Waals surface area contributed by atoms with Crippen LogP contribution in [0, 0.1) is 5.82 Å². The molecule has 0 atom stereocenters. The molecule has 3 rings (SSSR count). The molecule has 2 aromatic rings. The first-order valence-electron chi connectivity index (χ1n) is 7.18. The third kappa shape index (κ3) is 3.51. The zero-order valence-electron chi connectivity index (χ0n) is 12.6. The van der Waals surface area contributed by atoms with Crippen LogP contribution in [0.4, 0.5) is 10.1 Å². The molecular weight excluding hydrogens is 323 g/mol. The molecule has 0 radical (unpaired) electrons. The topological polar surface area (TPSA) is 94.0 Å². The molecule has 1 saturated carbocycles. The Morgan fingerprint density at radius 1 is 1.39 bits per heavy atom. The Morgan fingerprint density at radius 2 is 2.09 bits per heavy atom. The van der Waals surface area contributed by atoms with Gasteiger partial charge in [0.25, 0.3) is 5.89 Å². The fraction of sp³-hybridized carbons (Fsp3) is 0.400. The number of nitrogens with zero attached hydrogens (tertiary/aromatic N) is 2. The van der Waals surface area contributed by atoms with Crippen LogP contribution in [0.1, 0.15) is 38.4 Å². The summed E-state index contributed by atoms with van der Waals surface area (Å²) in [6.07, 6.45) is 3.74. The van der Waals surface area contributed by atoms with Gasteiger partial charge in [0, 0.05) is 12.5 Å². The van der Waals surface area contributed by atoms with Crippen molar-refractivity contribution in [2.75, 3.05) is 5.32 Å². The summed E-state index contributed by atoms with van der Waals surface area (Å²) in [4.78, 5) is 15.4. The standard InChI is InChI=1S/C15H17FN4O2.ClH/c1-9(21)18-12-8-10(4-5-11(12)16)13-19-14(20-22-13)15(17)6-2-3-7-15;/h4-5,8H,2-3,6-7,17H2,1H3,(H,18,21);1H. The van der Waals surface area contributed by atoms with Gasteiger partial charge >= 0.3 is 0 Å². The van der Waals surface area contributed by atoms with E-state index in [-0.39, 0.29) is 29.9 Å². The van der Waals surface area contributed by atoms with E-state index in [1.54, 1.807) is 0 Å². The lowest BCUT2D eigenvalue weighted by Gasteiger charge is -2.17. The summed E-state index contributed by atoms with van der Waals surface area (Å²) in [5, 5.41) is 6.39. The normalized spacial score (nSPS) is 16.0. The van der Waals surface area contributed by atoms with Crippen LogP contribution in [0.2, 0.25) is 0 Å². The van der Waals surface area contributed by atoms with Crippen LogP contribution in [0.3, 0.4) is 0 Å². The van der Waals surface area contributed by atoms with Gasteiger partial charge in [0.05, 0.1) is 11.2 Å². The van der Waals surface area contributed by atoms with Gasteiger partial charge in [-0.3, -0.25) is 4.79 Å². The van der Waals surface area contributed by atoms with Crippen molar-refractivity contribution in [3.05, 3.63) is 29.8 Å². The van der Waals surface area contributed by atoms with Crippen molar-refractivity contribution < 1.29 is 13.7 Å². The molecule has 3 N–H and O–H groups in total. The van der Waals surface area contributed by atoms with Gasteiger partial charge in [0.15, 0.2) is 5.82 Å². The van der Waals surface area contributed by atoms with Crippen LogP contribution in [-0.2, 0) is 10.3 Å². The van der Waals surface area contributed by atoms with Gasteiger partial charge in [0.1, 0.15) is 5.82 Å². The lowest BCUT2D eigenvalue weighted by molar-refractivity contribution is -0.114. The van der Waals surface area contributed by atoms with Crippen molar-refractivity contribution in [2.24, 2.45) is 5.73 Å². The number of halogens is 2. The zero-order valence-corrected chi connectivity index (χ0v) is 13.5. The number of carbonyl (C=O) groups excluding carboxylic acids is 1.